The fourth-order valence-corrected chi connectivity index (χ4v) is 2.34. The van der Waals surface area contributed by atoms with Crippen LogP contribution < -0.4 is 15.4 Å². The highest BCUT2D eigenvalue weighted by atomic mass is 19.1. The summed E-state index contributed by atoms with van der Waals surface area (Å²) >= 11 is 0. The number of aryl methyl sites for hydroxylation is 1. The van der Waals surface area contributed by atoms with Gasteiger partial charge in [0, 0.05) is 5.56 Å². The zero-order valence-corrected chi connectivity index (χ0v) is 13.7. The first-order chi connectivity index (χ1) is 11.4. The highest BCUT2D eigenvalue weighted by Gasteiger charge is 2.15. The quantitative estimate of drug-likeness (QED) is 0.894. The summed E-state index contributed by atoms with van der Waals surface area (Å²) in [6, 6.07) is 10.4. The first-order valence-corrected chi connectivity index (χ1v) is 7.36. The number of methoxy groups -OCH3 is 1. The Morgan fingerprint density at radius 1 is 1.29 bits per heavy atom. The molecule has 0 heterocycles. The molecule has 2 N–H and O–H groups in total. The lowest BCUT2D eigenvalue weighted by atomic mass is 10.0. The molecule has 0 aliphatic carbocycles. The topological polar surface area (TPSA) is 74.2 Å². The number of hydrogen-bond acceptors (Lipinski definition) is 3. The minimum atomic E-state index is -0.532. The molecule has 0 aromatic heterocycles. The molecule has 0 fully saturated rings. The third kappa shape index (κ3) is 4.02. The summed E-state index contributed by atoms with van der Waals surface area (Å²) in [5.74, 6) is 0.142. The predicted molar refractivity (Wildman–Crippen MR) is 89.4 cm³/mol. The van der Waals surface area contributed by atoms with Crippen LogP contribution >= 0.6 is 0 Å². The molecule has 2 rings (SSSR count). The Morgan fingerprint density at radius 2 is 2.04 bits per heavy atom. The van der Waals surface area contributed by atoms with Crippen molar-refractivity contribution in [2.75, 3.05) is 12.4 Å². The zero-order valence-electron chi connectivity index (χ0n) is 13.7. The van der Waals surface area contributed by atoms with Gasteiger partial charge < -0.3 is 15.4 Å². The first-order valence-electron chi connectivity index (χ1n) is 7.36. The van der Waals surface area contributed by atoms with Crippen LogP contribution in [-0.2, 0) is 0 Å². The summed E-state index contributed by atoms with van der Waals surface area (Å²) in [5, 5.41) is 14.4. The Labute approximate surface area is 140 Å². The van der Waals surface area contributed by atoms with Gasteiger partial charge in [-0.1, -0.05) is 17.7 Å². The van der Waals surface area contributed by atoms with Crippen LogP contribution in [0.15, 0.2) is 36.4 Å². The Kier molecular flexibility index (Phi) is 5.38. The molecule has 0 aliphatic rings. The lowest BCUT2D eigenvalue weighted by molar-refractivity contribution is 0.249. The smallest absolute Gasteiger partial charge is 0.319 e. The van der Waals surface area contributed by atoms with Crippen molar-refractivity contribution < 1.29 is 13.9 Å². The summed E-state index contributed by atoms with van der Waals surface area (Å²) in [7, 11) is 1.57. The monoisotopic (exact) mass is 327 g/mol. The third-order valence-corrected chi connectivity index (χ3v) is 3.55. The molecule has 5 nitrogen and oxygen atoms in total. The van der Waals surface area contributed by atoms with Crippen molar-refractivity contribution >= 4 is 11.7 Å². The number of urea groups is 1. The summed E-state index contributed by atoms with van der Waals surface area (Å²) in [4.78, 5) is 12.2. The van der Waals surface area contributed by atoms with E-state index in [4.69, 9.17) is 10.00 Å². The maximum Gasteiger partial charge on any atom is 0.319 e. The molecule has 2 amide bonds. The Morgan fingerprint density at radius 3 is 2.71 bits per heavy atom. The highest BCUT2D eigenvalue weighted by molar-refractivity contribution is 5.91. The number of carbonyl (C=O) groups is 1. The number of amides is 2. The number of ether oxygens (including phenoxy) is 1. The van der Waals surface area contributed by atoms with E-state index in [1.54, 1.807) is 7.11 Å². The number of hydrogen-bond donors (Lipinski definition) is 2. The fraction of sp³-hybridized carbons (Fsp3) is 0.222. The van der Waals surface area contributed by atoms with Gasteiger partial charge in [-0.2, -0.15) is 5.26 Å². The standard InChI is InChI=1S/C18H18FN3O2/c1-11-4-7-17(24-3)15(8-11)12(2)21-18(23)22-16-6-5-14(19)9-13(16)10-20/h4-9,12H,1-3H3,(H2,21,22,23). The molecule has 0 radical (unpaired) electrons. The molecule has 2 aromatic carbocycles. The summed E-state index contributed by atoms with van der Waals surface area (Å²) < 4.78 is 18.4. The zero-order chi connectivity index (χ0) is 17.7. The number of halogens is 1. The van der Waals surface area contributed by atoms with Crippen LogP contribution in [0.25, 0.3) is 0 Å². The van der Waals surface area contributed by atoms with Crippen molar-refractivity contribution in [2.45, 2.75) is 19.9 Å². The van der Waals surface area contributed by atoms with Gasteiger partial charge in [0.25, 0.3) is 0 Å². The minimum Gasteiger partial charge on any atom is -0.496 e. The van der Waals surface area contributed by atoms with Crippen LogP contribution in [0.1, 0.15) is 29.7 Å². The first kappa shape index (κ1) is 17.3. The lowest BCUT2D eigenvalue weighted by Gasteiger charge is -2.18. The molecule has 0 spiro atoms. The number of rotatable bonds is 4. The van der Waals surface area contributed by atoms with Gasteiger partial charge in [-0.3, -0.25) is 0 Å². The molecule has 1 atom stereocenters. The maximum absolute atomic E-state index is 13.1. The Hall–Kier alpha value is -3.07. The number of nitrogens with one attached hydrogen (secondary N) is 2. The van der Waals surface area contributed by atoms with Crippen LogP contribution in [0.4, 0.5) is 14.9 Å². The van der Waals surface area contributed by atoms with E-state index in [9.17, 15) is 9.18 Å². The molecule has 2 aromatic rings. The second-order valence-corrected chi connectivity index (χ2v) is 5.37. The van der Waals surface area contributed by atoms with E-state index in [2.05, 4.69) is 10.6 Å². The van der Waals surface area contributed by atoms with Crippen molar-refractivity contribution in [1.82, 2.24) is 5.32 Å². The van der Waals surface area contributed by atoms with Crippen molar-refractivity contribution in [1.29, 1.82) is 5.26 Å². The summed E-state index contributed by atoms with van der Waals surface area (Å²) in [5.41, 5.74) is 2.20. The molecule has 1 unspecified atom stereocenters. The summed E-state index contributed by atoms with van der Waals surface area (Å²) in [6.07, 6.45) is 0. The van der Waals surface area contributed by atoms with E-state index in [0.29, 0.717) is 5.75 Å². The molecule has 24 heavy (non-hydrogen) atoms. The number of benzene rings is 2. The van der Waals surface area contributed by atoms with E-state index in [0.717, 1.165) is 17.2 Å². The molecule has 0 bridgehead atoms. The van der Waals surface area contributed by atoms with Gasteiger partial charge in [-0.15, -0.1) is 0 Å². The van der Waals surface area contributed by atoms with Gasteiger partial charge in [0.05, 0.1) is 24.4 Å². The molecule has 0 aliphatic heterocycles. The largest absolute Gasteiger partial charge is 0.496 e. The normalized spacial score (nSPS) is 11.3. The van der Waals surface area contributed by atoms with E-state index in [-0.39, 0.29) is 17.3 Å². The van der Waals surface area contributed by atoms with E-state index in [1.807, 2.05) is 38.1 Å². The van der Waals surface area contributed by atoms with Gasteiger partial charge in [-0.25, -0.2) is 9.18 Å². The number of anilines is 1. The number of nitriles is 1. The minimum absolute atomic E-state index is 0.0611. The van der Waals surface area contributed by atoms with E-state index in [1.165, 1.54) is 12.1 Å². The number of nitrogens with zero attached hydrogens (tertiary/aromatic N) is 1. The highest BCUT2D eigenvalue weighted by Crippen LogP contribution is 2.26. The van der Waals surface area contributed by atoms with Crippen LogP contribution in [0, 0.1) is 24.1 Å². The average Bonchev–Trinajstić information content (AvgIpc) is 2.56. The molecule has 6 heteroatoms. The Bertz CT molecular complexity index is 799. The van der Waals surface area contributed by atoms with Crippen LogP contribution in [-0.4, -0.2) is 13.1 Å². The van der Waals surface area contributed by atoms with Gasteiger partial charge in [0.15, 0.2) is 0 Å². The molecule has 0 saturated carbocycles. The van der Waals surface area contributed by atoms with Gasteiger partial charge in [0.2, 0.25) is 0 Å². The van der Waals surface area contributed by atoms with Crippen molar-refractivity contribution in [3.8, 4) is 11.8 Å². The van der Waals surface area contributed by atoms with Crippen LogP contribution in [0.2, 0.25) is 0 Å². The molecule has 124 valence electrons. The fourth-order valence-electron chi connectivity index (χ4n) is 2.34. The number of carbonyl (C=O) groups excluding carboxylic acids is 1. The summed E-state index contributed by atoms with van der Waals surface area (Å²) in [6.45, 7) is 3.78. The third-order valence-electron chi connectivity index (χ3n) is 3.55. The Balaban J connectivity index is 2.13. The predicted octanol–water partition coefficient (Wildman–Crippen LogP) is 3.90. The van der Waals surface area contributed by atoms with Gasteiger partial charge >= 0.3 is 6.03 Å². The van der Waals surface area contributed by atoms with Crippen molar-refractivity contribution in [3.63, 3.8) is 0 Å². The van der Waals surface area contributed by atoms with Crippen molar-refractivity contribution in [3.05, 3.63) is 58.9 Å². The average molecular weight is 327 g/mol. The van der Waals surface area contributed by atoms with Crippen molar-refractivity contribution in [2.24, 2.45) is 0 Å². The lowest BCUT2D eigenvalue weighted by Crippen LogP contribution is -2.31. The SMILES string of the molecule is COc1ccc(C)cc1C(C)NC(=O)Nc1ccc(F)cc1C#N. The van der Waals surface area contributed by atoms with Crippen LogP contribution in [0.3, 0.4) is 0 Å². The van der Waals surface area contributed by atoms with E-state index < -0.39 is 11.8 Å². The molecule has 0 saturated heterocycles. The second-order valence-electron chi connectivity index (χ2n) is 5.37. The van der Waals surface area contributed by atoms with Gasteiger partial charge in [-0.05, 0) is 38.1 Å². The van der Waals surface area contributed by atoms with E-state index >= 15 is 0 Å². The van der Waals surface area contributed by atoms with Crippen LogP contribution in [0.5, 0.6) is 5.75 Å². The molecular formula is C18H18FN3O2. The maximum atomic E-state index is 13.1. The van der Waals surface area contributed by atoms with Gasteiger partial charge in [0.1, 0.15) is 17.6 Å². The molecular weight excluding hydrogens is 309 g/mol. The second kappa shape index (κ2) is 7.47.